The number of rotatable bonds is 7. The Labute approximate surface area is 185 Å². The number of sulfonamides is 1. The van der Waals surface area contributed by atoms with Crippen molar-refractivity contribution in [3.05, 3.63) is 53.6 Å². The van der Waals surface area contributed by atoms with Crippen molar-refractivity contribution >= 4 is 27.3 Å². The molecule has 0 spiro atoms. The molecule has 0 unspecified atom stereocenters. The van der Waals surface area contributed by atoms with Gasteiger partial charge in [-0.1, -0.05) is 17.7 Å². The van der Waals surface area contributed by atoms with Crippen molar-refractivity contribution in [3.63, 3.8) is 0 Å². The van der Waals surface area contributed by atoms with Gasteiger partial charge in [-0.25, -0.2) is 8.42 Å². The van der Waals surface area contributed by atoms with E-state index in [2.05, 4.69) is 17.3 Å². The summed E-state index contributed by atoms with van der Waals surface area (Å²) in [6.45, 7) is 5.53. The minimum absolute atomic E-state index is 0.206. The van der Waals surface area contributed by atoms with E-state index in [-0.39, 0.29) is 12.6 Å². The molecular formula is C23H31N3O4S. The van der Waals surface area contributed by atoms with Gasteiger partial charge >= 0.3 is 0 Å². The van der Waals surface area contributed by atoms with Crippen molar-refractivity contribution in [2.75, 3.05) is 42.6 Å². The van der Waals surface area contributed by atoms with Crippen LogP contribution in [-0.2, 0) is 14.8 Å². The number of nitrogens with zero attached hydrogens (tertiary/aromatic N) is 2. The highest BCUT2D eigenvalue weighted by molar-refractivity contribution is 7.92. The number of ether oxygens (including phenoxy) is 1. The van der Waals surface area contributed by atoms with E-state index in [9.17, 15) is 13.2 Å². The fraction of sp³-hybridized carbons (Fsp3) is 0.435. The van der Waals surface area contributed by atoms with Gasteiger partial charge in [0, 0.05) is 18.8 Å². The van der Waals surface area contributed by atoms with Crippen LogP contribution >= 0.6 is 0 Å². The summed E-state index contributed by atoms with van der Waals surface area (Å²) >= 11 is 0. The van der Waals surface area contributed by atoms with Crippen LogP contribution in [0.2, 0.25) is 0 Å². The first-order valence-corrected chi connectivity index (χ1v) is 12.3. The number of likely N-dealkylation sites (tertiary alicyclic amines) is 1. The zero-order valence-electron chi connectivity index (χ0n) is 18.6. The van der Waals surface area contributed by atoms with Gasteiger partial charge < -0.3 is 15.0 Å². The Bertz CT molecular complexity index is 1010. The number of amides is 1. The summed E-state index contributed by atoms with van der Waals surface area (Å²) < 4.78 is 31.8. The SMILES string of the molecule is Cc1ccc(N(CC(=O)Nc2ccc(OC3CCN(C)CC3)cc2)S(C)(=O)=O)c(C)c1. The number of benzene rings is 2. The van der Waals surface area contributed by atoms with E-state index in [1.54, 1.807) is 18.2 Å². The van der Waals surface area contributed by atoms with Crippen molar-refractivity contribution in [1.29, 1.82) is 0 Å². The number of piperidine rings is 1. The quantitative estimate of drug-likeness (QED) is 0.708. The Morgan fingerprint density at radius 3 is 2.35 bits per heavy atom. The van der Waals surface area contributed by atoms with Crippen molar-refractivity contribution in [3.8, 4) is 5.75 Å². The monoisotopic (exact) mass is 445 g/mol. The van der Waals surface area contributed by atoms with Gasteiger partial charge in [-0.2, -0.15) is 0 Å². The fourth-order valence-corrected chi connectivity index (χ4v) is 4.62. The fourth-order valence-electron chi connectivity index (χ4n) is 3.71. The van der Waals surface area contributed by atoms with E-state index in [4.69, 9.17) is 4.74 Å². The number of hydrogen-bond donors (Lipinski definition) is 1. The lowest BCUT2D eigenvalue weighted by Gasteiger charge is -2.29. The largest absolute Gasteiger partial charge is 0.490 e. The molecule has 0 radical (unpaired) electrons. The van der Waals surface area contributed by atoms with Crippen LogP contribution in [0.25, 0.3) is 0 Å². The van der Waals surface area contributed by atoms with Crippen LogP contribution in [0.5, 0.6) is 5.75 Å². The molecule has 1 aliphatic heterocycles. The summed E-state index contributed by atoms with van der Waals surface area (Å²) in [4.78, 5) is 14.9. The van der Waals surface area contributed by atoms with E-state index < -0.39 is 15.9 Å². The van der Waals surface area contributed by atoms with Crippen LogP contribution in [0, 0.1) is 13.8 Å². The van der Waals surface area contributed by atoms with Crippen LogP contribution in [-0.4, -0.2) is 58.3 Å². The number of carbonyl (C=O) groups is 1. The molecule has 2 aromatic rings. The molecule has 1 saturated heterocycles. The number of aryl methyl sites for hydroxylation is 2. The van der Waals surface area contributed by atoms with Gasteiger partial charge in [0.15, 0.2) is 0 Å². The van der Waals surface area contributed by atoms with Crippen molar-refractivity contribution in [1.82, 2.24) is 4.90 Å². The van der Waals surface area contributed by atoms with Gasteiger partial charge in [0.2, 0.25) is 15.9 Å². The number of anilines is 2. The van der Waals surface area contributed by atoms with E-state index in [0.29, 0.717) is 11.4 Å². The molecule has 7 nitrogen and oxygen atoms in total. The maximum atomic E-state index is 12.6. The highest BCUT2D eigenvalue weighted by atomic mass is 32.2. The Morgan fingerprint density at radius 2 is 1.77 bits per heavy atom. The molecule has 0 bridgehead atoms. The van der Waals surface area contributed by atoms with Crippen LogP contribution < -0.4 is 14.4 Å². The number of carbonyl (C=O) groups excluding carboxylic acids is 1. The molecule has 0 atom stereocenters. The molecule has 3 rings (SSSR count). The lowest BCUT2D eigenvalue weighted by molar-refractivity contribution is -0.114. The van der Waals surface area contributed by atoms with E-state index >= 15 is 0 Å². The second-order valence-electron chi connectivity index (χ2n) is 8.25. The summed E-state index contributed by atoms with van der Waals surface area (Å²) in [7, 11) is -1.51. The van der Waals surface area contributed by atoms with E-state index in [1.807, 2.05) is 38.1 Å². The lowest BCUT2D eigenvalue weighted by atomic mass is 10.1. The normalized spacial score (nSPS) is 15.5. The van der Waals surface area contributed by atoms with E-state index in [1.165, 1.54) is 0 Å². The van der Waals surface area contributed by atoms with Gasteiger partial charge in [0.1, 0.15) is 18.4 Å². The van der Waals surface area contributed by atoms with Crippen LogP contribution in [0.4, 0.5) is 11.4 Å². The predicted octanol–water partition coefficient (Wildman–Crippen LogP) is 3.18. The van der Waals surface area contributed by atoms with Crippen LogP contribution in [0.3, 0.4) is 0 Å². The van der Waals surface area contributed by atoms with E-state index in [0.717, 1.165) is 53.4 Å². The maximum Gasteiger partial charge on any atom is 0.245 e. The molecular weight excluding hydrogens is 414 g/mol. The summed E-state index contributed by atoms with van der Waals surface area (Å²) in [5.74, 6) is 0.356. The standard InChI is InChI=1S/C23H31N3O4S/c1-17-5-10-22(18(2)15-17)26(31(4,28)29)16-23(27)24-19-6-8-20(9-7-19)30-21-11-13-25(3)14-12-21/h5-10,15,21H,11-14,16H2,1-4H3,(H,24,27). The number of nitrogens with one attached hydrogen (secondary N) is 1. The van der Waals surface area contributed by atoms with Gasteiger partial charge in [-0.05, 0) is 69.6 Å². The maximum absolute atomic E-state index is 12.6. The van der Waals surface area contributed by atoms with Crippen LogP contribution in [0.1, 0.15) is 24.0 Å². The third kappa shape index (κ3) is 6.45. The minimum Gasteiger partial charge on any atom is -0.490 e. The summed E-state index contributed by atoms with van der Waals surface area (Å²) in [5.41, 5.74) is 2.93. The molecule has 1 fully saturated rings. The first kappa shape index (κ1) is 23.1. The third-order valence-corrected chi connectivity index (χ3v) is 6.54. The van der Waals surface area contributed by atoms with Crippen molar-refractivity contribution in [2.24, 2.45) is 0 Å². The molecule has 2 aromatic carbocycles. The molecule has 1 aliphatic rings. The molecule has 31 heavy (non-hydrogen) atoms. The Balaban J connectivity index is 1.63. The van der Waals surface area contributed by atoms with Gasteiger partial charge in [-0.3, -0.25) is 9.10 Å². The third-order valence-electron chi connectivity index (χ3n) is 5.41. The highest BCUT2D eigenvalue weighted by Crippen LogP contribution is 2.24. The van der Waals surface area contributed by atoms with Gasteiger partial charge in [0.05, 0.1) is 11.9 Å². The summed E-state index contributed by atoms with van der Waals surface area (Å²) in [5, 5.41) is 2.77. The second kappa shape index (κ2) is 9.70. The summed E-state index contributed by atoms with van der Waals surface area (Å²) in [6, 6.07) is 12.6. The highest BCUT2D eigenvalue weighted by Gasteiger charge is 2.22. The zero-order valence-corrected chi connectivity index (χ0v) is 19.4. The average Bonchev–Trinajstić information content (AvgIpc) is 2.69. The minimum atomic E-state index is -3.62. The van der Waals surface area contributed by atoms with Crippen molar-refractivity contribution in [2.45, 2.75) is 32.8 Å². The molecule has 0 saturated carbocycles. The molecule has 0 aromatic heterocycles. The summed E-state index contributed by atoms with van der Waals surface area (Å²) in [6.07, 6.45) is 3.30. The predicted molar refractivity (Wildman–Crippen MR) is 124 cm³/mol. The topological polar surface area (TPSA) is 79.0 Å². The first-order valence-electron chi connectivity index (χ1n) is 10.4. The zero-order chi connectivity index (χ0) is 22.6. The molecule has 0 aliphatic carbocycles. The smallest absolute Gasteiger partial charge is 0.245 e. The molecule has 8 heteroatoms. The Morgan fingerprint density at radius 1 is 1.13 bits per heavy atom. The molecule has 1 amide bonds. The number of hydrogen-bond acceptors (Lipinski definition) is 5. The average molecular weight is 446 g/mol. The molecule has 1 heterocycles. The Kier molecular flexibility index (Phi) is 7.23. The molecule has 1 N–H and O–H groups in total. The first-order chi connectivity index (χ1) is 14.6. The Hall–Kier alpha value is -2.58. The second-order valence-corrected chi connectivity index (χ2v) is 10.2. The van der Waals surface area contributed by atoms with Crippen LogP contribution in [0.15, 0.2) is 42.5 Å². The van der Waals surface area contributed by atoms with Gasteiger partial charge in [-0.15, -0.1) is 0 Å². The molecule has 168 valence electrons. The van der Waals surface area contributed by atoms with Crippen molar-refractivity contribution < 1.29 is 17.9 Å². The van der Waals surface area contributed by atoms with Gasteiger partial charge in [0.25, 0.3) is 0 Å². The lowest BCUT2D eigenvalue weighted by Crippen LogP contribution is -2.37.